The molecule has 0 atom stereocenters. The molecule has 0 aliphatic heterocycles. The van der Waals surface area contributed by atoms with Gasteiger partial charge >= 0.3 is 0 Å². The number of aromatic hydroxyl groups is 2. The zero-order valence-electron chi connectivity index (χ0n) is 16.3. The molecule has 0 radical (unpaired) electrons. The molecule has 0 saturated heterocycles. The summed E-state index contributed by atoms with van der Waals surface area (Å²) < 4.78 is 0. The maximum atomic E-state index is 11.1. The van der Waals surface area contributed by atoms with Gasteiger partial charge in [-0.15, -0.1) is 0 Å². The third-order valence-corrected chi connectivity index (χ3v) is 6.74. The Hall–Kier alpha value is -1.96. The lowest BCUT2D eigenvalue weighted by molar-refractivity contribution is 0.389. The Kier molecular flexibility index (Phi) is 5.71. The molecule has 0 spiro atoms. The van der Waals surface area contributed by atoms with Crippen LogP contribution in [0.2, 0.25) is 0 Å². The topological polar surface area (TPSA) is 40.5 Å². The molecule has 2 aromatic rings. The summed E-state index contributed by atoms with van der Waals surface area (Å²) in [5, 5.41) is 22.3. The van der Waals surface area contributed by atoms with E-state index in [1.807, 2.05) is 18.2 Å². The highest BCUT2D eigenvalue weighted by molar-refractivity contribution is 5.57. The van der Waals surface area contributed by atoms with Gasteiger partial charge in [-0.25, -0.2) is 0 Å². The fourth-order valence-corrected chi connectivity index (χ4v) is 5.18. The van der Waals surface area contributed by atoms with Crippen molar-refractivity contribution < 1.29 is 10.2 Å². The van der Waals surface area contributed by atoms with Crippen molar-refractivity contribution in [2.45, 2.75) is 82.5 Å². The maximum Gasteiger partial charge on any atom is 0.126 e. The van der Waals surface area contributed by atoms with Gasteiger partial charge in [0, 0.05) is 12.0 Å². The van der Waals surface area contributed by atoms with E-state index in [0.29, 0.717) is 29.8 Å². The molecular weight excluding hydrogens is 332 g/mol. The first-order valence-electron chi connectivity index (χ1n) is 10.9. The van der Waals surface area contributed by atoms with Crippen molar-refractivity contribution in [3.63, 3.8) is 0 Å². The minimum Gasteiger partial charge on any atom is -0.507 e. The zero-order chi connectivity index (χ0) is 18.6. The number of phenolic OH excluding ortho intramolecular Hbond substituents is 2. The van der Waals surface area contributed by atoms with Gasteiger partial charge in [0.25, 0.3) is 0 Å². The summed E-state index contributed by atoms with van der Waals surface area (Å²) in [6, 6.07) is 12.4. The molecule has 0 heterocycles. The molecule has 144 valence electrons. The van der Waals surface area contributed by atoms with E-state index in [1.54, 1.807) is 0 Å². The molecular formula is C25H32O2. The Bertz CT molecular complexity index is 711. The van der Waals surface area contributed by atoms with Gasteiger partial charge in [0.1, 0.15) is 11.5 Å². The van der Waals surface area contributed by atoms with E-state index in [-0.39, 0.29) is 0 Å². The third kappa shape index (κ3) is 4.00. The average Bonchev–Trinajstić information content (AvgIpc) is 2.73. The Balaban J connectivity index is 1.77. The van der Waals surface area contributed by atoms with Crippen LogP contribution in [0.25, 0.3) is 0 Å². The molecule has 2 aromatic carbocycles. The second-order valence-electron chi connectivity index (χ2n) is 8.56. The fourth-order valence-electron chi connectivity index (χ4n) is 5.18. The van der Waals surface area contributed by atoms with Crippen LogP contribution in [0, 0.1) is 0 Å². The van der Waals surface area contributed by atoms with Gasteiger partial charge in [-0.05, 0) is 60.3 Å². The van der Waals surface area contributed by atoms with E-state index in [4.69, 9.17) is 0 Å². The molecule has 4 rings (SSSR count). The van der Waals surface area contributed by atoms with Gasteiger partial charge in [0.2, 0.25) is 0 Å². The fraction of sp³-hybridized carbons (Fsp3) is 0.520. The minimum atomic E-state index is 0.350. The summed E-state index contributed by atoms with van der Waals surface area (Å²) in [4.78, 5) is 0. The van der Waals surface area contributed by atoms with Gasteiger partial charge < -0.3 is 10.2 Å². The van der Waals surface area contributed by atoms with E-state index < -0.39 is 0 Å². The van der Waals surface area contributed by atoms with Crippen LogP contribution in [-0.4, -0.2) is 10.2 Å². The molecule has 2 aliphatic carbocycles. The van der Waals surface area contributed by atoms with E-state index in [9.17, 15) is 10.2 Å². The van der Waals surface area contributed by atoms with Crippen LogP contribution in [0.1, 0.15) is 98.3 Å². The van der Waals surface area contributed by atoms with Crippen molar-refractivity contribution in [1.82, 2.24) is 0 Å². The second-order valence-corrected chi connectivity index (χ2v) is 8.56. The van der Waals surface area contributed by atoms with E-state index in [1.165, 1.54) is 38.5 Å². The first-order chi connectivity index (χ1) is 13.2. The summed E-state index contributed by atoms with van der Waals surface area (Å²) in [6.45, 7) is 0. The highest BCUT2D eigenvalue weighted by Crippen LogP contribution is 2.47. The van der Waals surface area contributed by atoms with Crippen LogP contribution in [0.5, 0.6) is 11.5 Å². The Morgan fingerprint density at radius 1 is 0.667 bits per heavy atom. The molecule has 0 amide bonds. The molecule has 2 N–H and O–H groups in total. The average molecular weight is 365 g/mol. The van der Waals surface area contributed by atoms with Gasteiger partial charge in [0.05, 0.1) is 0 Å². The maximum absolute atomic E-state index is 11.1. The summed E-state index contributed by atoms with van der Waals surface area (Å²) in [5.74, 6) is 1.58. The van der Waals surface area contributed by atoms with Crippen LogP contribution in [0.15, 0.2) is 36.4 Å². The van der Waals surface area contributed by atoms with Crippen LogP contribution >= 0.6 is 0 Å². The lowest BCUT2D eigenvalue weighted by atomic mass is 9.77. The van der Waals surface area contributed by atoms with Crippen LogP contribution in [0.3, 0.4) is 0 Å². The molecule has 2 aliphatic rings. The van der Waals surface area contributed by atoms with E-state index in [0.717, 1.165) is 47.9 Å². The van der Waals surface area contributed by atoms with Crippen molar-refractivity contribution in [2.75, 3.05) is 0 Å². The van der Waals surface area contributed by atoms with Crippen molar-refractivity contribution in [3.05, 3.63) is 58.7 Å². The summed E-state index contributed by atoms with van der Waals surface area (Å²) in [6.07, 6.45) is 12.8. The first-order valence-corrected chi connectivity index (χ1v) is 10.9. The van der Waals surface area contributed by atoms with Crippen molar-refractivity contribution in [3.8, 4) is 11.5 Å². The highest BCUT2D eigenvalue weighted by atomic mass is 16.3. The van der Waals surface area contributed by atoms with E-state index >= 15 is 0 Å². The highest BCUT2D eigenvalue weighted by Gasteiger charge is 2.27. The van der Waals surface area contributed by atoms with Crippen LogP contribution < -0.4 is 0 Å². The molecule has 0 unspecified atom stereocenters. The minimum absolute atomic E-state index is 0.350. The van der Waals surface area contributed by atoms with Gasteiger partial charge in [0.15, 0.2) is 0 Å². The smallest absolute Gasteiger partial charge is 0.126 e. The number of benzene rings is 2. The lowest BCUT2D eigenvalue weighted by Gasteiger charge is -2.29. The van der Waals surface area contributed by atoms with Gasteiger partial charge in [-0.3, -0.25) is 0 Å². The number of phenols is 2. The first kappa shape index (κ1) is 18.4. The monoisotopic (exact) mass is 364 g/mol. The predicted octanol–water partition coefficient (Wildman–Crippen LogP) is 6.78. The third-order valence-electron chi connectivity index (χ3n) is 6.74. The second kappa shape index (κ2) is 8.37. The van der Waals surface area contributed by atoms with Crippen molar-refractivity contribution in [1.29, 1.82) is 0 Å². The Morgan fingerprint density at radius 3 is 1.63 bits per heavy atom. The Morgan fingerprint density at radius 2 is 1.15 bits per heavy atom. The molecule has 2 heteroatoms. The molecule has 2 fully saturated rings. The number of hydrogen-bond acceptors (Lipinski definition) is 2. The Labute approximate surface area is 163 Å². The molecule has 2 nitrogen and oxygen atoms in total. The van der Waals surface area contributed by atoms with Crippen molar-refractivity contribution in [2.24, 2.45) is 0 Å². The largest absolute Gasteiger partial charge is 0.507 e. The quantitative estimate of drug-likeness (QED) is 0.627. The van der Waals surface area contributed by atoms with Crippen LogP contribution in [-0.2, 0) is 6.42 Å². The van der Waals surface area contributed by atoms with Crippen LogP contribution in [0.4, 0.5) is 0 Å². The predicted molar refractivity (Wildman–Crippen MR) is 111 cm³/mol. The summed E-state index contributed by atoms with van der Waals surface area (Å²) in [5.41, 5.74) is 4.07. The van der Waals surface area contributed by atoms with Gasteiger partial charge in [-0.2, -0.15) is 0 Å². The molecule has 0 aromatic heterocycles. The molecule has 27 heavy (non-hydrogen) atoms. The summed E-state index contributed by atoms with van der Waals surface area (Å²) >= 11 is 0. The number of hydrogen-bond donors (Lipinski definition) is 2. The standard InChI is InChI=1S/C25H32O2/c26-24-21(19-12-6-2-7-13-19)17-22(20-14-8-3-9-15-20)25(27)23(24)16-18-10-4-1-5-11-18/h1,4-5,10-11,17,19-20,26-27H,2-3,6-9,12-16H2. The lowest BCUT2D eigenvalue weighted by Crippen LogP contribution is -2.10. The zero-order valence-corrected chi connectivity index (χ0v) is 16.3. The molecule has 2 saturated carbocycles. The normalized spacial score (nSPS) is 19.3. The SMILES string of the molecule is Oc1c(C2CCCCC2)cc(C2CCCCC2)c(O)c1Cc1ccccc1. The van der Waals surface area contributed by atoms with E-state index in [2.05, 4.69) is 18.2 Å². The van der Waals surface area contributed by atoms with Crippen molar-refractivity contribution >= 4 is 0 Å². The molecule has 0 bridgehead atoms. The summed E-state index contributed by atoms with van der Waals surface area (Å²) in [7, 11) is 0. The van der Waals surface area contributed by atoms with Gasteiger partial charge in [-0.1, -0.05) is 68.9 Å². The number of rotatable bonds is 4.